The second-order valence-corrected chi connectivity index (χ2v) is 4.92. The number of ether oxygens (including phenoxy) is 2. The number of hydrogen-bond donors (Lipinski definition) is 1. The van der Waals surface area contributed by atoms with Gasteiger partial charge < -0.3 is 36.0 Å². The molecule has 1 aliphatic rings. The molecule has 0 radical (unpaired) electrons. The van der Waals surface area contributed by atoms with Crippen molar-refractivity contribution in [1.29, 1.82) is 0 Å². The summed E-state index contributed by atoms with van der Waals surface area (Å²) in [5.41, 5.74) is -0.212. The molecule has 0 amide bonds. The van der Waals surface area contributed by atoms with Crippen molar-refractivity contribution in [3.63, 3.8) is 0 Å². The van der Waals surface area contributed by atoms with Gasteiger partial charge in [-0.05, 0) is 0 Å². The Kier molecular flexibility index (Phi) is 5.54. The molecule has 1 saturated heterocycles. The van der Waals surface area contributed by atoms with Crippen LogP contribution in [0.1, 0.15) is 0 Å². The molecule has 0 unspecified atom stereocenters. The van der Waals surface area contributed by atoms with E-state index in [-0.39, 0.29) is 29.0 Å². The number of rotatable bonds is 3. The summed E-state index contributed by atoms with van der Waals surface area (Å²) in [5, 5.41) is 9.33. The Morgan fingerprint density at radius 2 is 1.71 bits per heavy atom. The van der Waals surface area contributed by atoms with Crippen LogP contribution in [-0.2, 0) is 9.47 Å². The molecule has 1 N–H and O–H groups in total. The first kappa shape index (κ1) is 14.3. The highest BCUT2D eigenvalue weighted by Gasteiger charge is 2.38. The van der Waals surface area contributed by atoms with E-state index in [2.05, 4.69) is 21.1 Å². The van der Waals surface area contributed by atoms with Gasteiger partial charge in [-0.2, -0.15) is 0 Å². The molecule has 0 saturated carbocycles. The van der Waals surface area contributed by atoms with E-state index in [0.717, 1.165) is 11.0 Å². The zero-order chi connectivity index (χ0) is 9.95. The van der Waals surface area contributed by atoms with Crippen molar-refractivity contribution in [1.82, 2.24) is 0 Å². The van der Waals surface area contributed by atoms with Crippen molar-refractivity contribution < 1.29 is 36.0 Å². The van der Waals surface area contributed by atoms with Gasteiger partial charge >= 0.3 is 0 Å². The van der Waals surface area contributed by atoms with Crippen LogP contribution in [0.2, 0.25) is 0 Å². The molecule has 0 spiro atoms. The van der Waals surface area contributed by atoms with Gasteiger partial charge in [0.2, 0.25) is 0 Å². The second kappa shape index (κ2) is 5.42. The van der Waals surface area contributed by atoms with E-state index in [4.69, 9.17) is 9.47 Å². The van der Waals surface area contributed by atoms with E-state index in [1.807, 2.05) is 0 Å². The number of nitrogens with zero attached hydrogens (tertiary/aromatic N) is 1. The molecular weight excluding hydrogens is 250 g/mol. The van der Waals surface area contributed by atoms with E-state index in [1.165, 1.54) is 0 Å². The van der Waals surface area contributed by atoms with Crippen molar-refractivity contribution in [2.75, 3.05) is 54.3 Å². The van der Waals surface area contributed by atoms with E-state index in [0.29, 0.717) is 20.0 Å². The summed E-state index contributed by atoms with van der Waals surface area (Å²) in [7, 11) is 6.31. The van der Waals surface area contributed by atoms with Crippen molar-refractivity contribution in [2.24, 2.45) is 5.41 Å². The van der Waals surface area contributed by atoms with Crippen LogP contribution in [-0.4, -0.2) is 63.9 Å². The topological polar surface area (TPSA) is 38.7 Å². The van der Waals surface area contributed by atoms with Crippen LogP contribution in [0.3, 0.4) is 0 Å². The van der Waals surface area contributed by atoms with Gasteiger partial charge in [-0.1, -0.05) is 0 Å². The number of aliphatic hydroxyl groups is 1. The fourth-order valence-electron chi connectivity index (χ4n) is 1.86. The smallest absolute Gasteiger partial charge is 0.146 e. The van der Waals surface area contributed by atoms with Crippen LogP contribution in [0.5, 0.6) is 0 Å². The van der Waals surface area contributed by atoms with Crippen LogP contribution in [0, 0.1) is 5.41 Å². The molecule has 5 heteroatoms. The predicted molar refractivity (Wildman–Crippen MR) is 49.2 cm³/mol. The Morgan fingerprint density at radius 1 is 1.21 bits per heavy atom. The summed E-state index contributed by atoms with van der Waals surface area (Å²) in [6.07, 6.45) is 0. The molecule has 0 aromatic carbocycles. The summed E-state index contributed by atoms with van der Waals surface area (Å²) < 4.78 is 11.3. The van der Waals surface area contributed by atoms with Crippen LogP contribution in [0.15, 0.2) is 0 Å². The lowest BCUT2D eigenvalue weighted by molar-refractivity contribution is -0.878. The van der Waals surface area contributed by atoms with E-state index < -0.39 is 0 Å². The highest BCUT2D eigenvalue weighted by molar-refractivity contribution is 4.79. The normalized spacial score (nSPS) is 21.4. The lowest BCUT2D eigenvalue weighted by atomic mass is 9.89. The first-order valence-corrected chi connectivity index (χ1v) is 4.54. The largest absolute Gasteiger partial charge is 1.00 e. The Labute approximate surface area is 96.2 Å². The number of hydrogen-bond acceptors (Lipinski definition) is 3. The molecule has 0 aromatic heterocycles. The van der Waals surface area contributed by atoms with E-state index in [1.54, 1.807) is 0 Å². The molecule has 0 bridgehead atoms. The minimum Gasteiger partial charge on any atom is -1.00 e. The van der Waals surface area contributed by atoms with Gasteiger partial charge in [0.15, 0.2) is 0 Å². The Balaban J connectivity index is 0.00000169. The molecule has 14 heavy (non-hydrogen) atoms. The molecule has 1 aliphatic heterocycles. The molecule has 0 atom stereocenters. The van der Waals surface area contributed by atoms with Crippen LogP contribution >= 0.6 is 0 Å². The molecule has 0 aromatic rings. The van der Waals surface area contributed by atoms with Crippen LogP contribution in [0.4, 0.5) is 0 Å². The third-order valence-electron chi connectivity index (χ3n) is 2.13. The predicted octanol–water partition coefficient (Wildman–Crippen LogP) is -3.32. The maximum Gasteiger partial charge on any atom is 0.146 e. The molecule has 1 fully saturated rings. The quantitative estimate of drug-likeness (QED) is 0.546. The van der Waals surface area contributed by atoms with Gasteiger partial charge in [0.1, 0.15) is 6.79 Å². The van der Waals surface area contributed by atoms with E-state index in [9.17, 15) is 5.11 Å². The second-order valence-electron chi connectivity index (χ2n) is 4.92. The zero-order valence-electron chi connectivity index (χ0n) is 9.12. The molecule has 1 heterocycles. The molecule has 86 valence electrons. The summed E-state index contributed by atoms with van der Waals surface area (Å²) >= 11 is 0. The third kappa shape index (κ3) is 4.23. The van der Waals surface area contributed by atoms with Crippen molar-refractivity contribution >= 4 is 0 Å². The van der Waals surface area contributed by atoms with Gasteiger partial charge in [0.05, 0.1) is 52.9 Å². The lowest BCUT2D eigenvalue weighted by Gasteiger charge is -2.39. The van der Waals surface area contributed by atoms with Crippen molar-refractivity contribution in [3.05, 3.63) is 0 Å². The molecule has 0 aliphatic carbocycles. The minimum atomic E-state index is -0.212. The molecular formula is C9H20BrNO3. The summed E-state index contributed by atoms with van der Waals surface area (Å²) in [6.45, 7) is 2.54. The fraction of sp³-hybridized carbons (Fsp3) is 1.00. The monoisotopic (exact) mass is 269 g/mol. The Bertz CT molecular complexity index is 164. The summed E-state index contributed by atoms with van der Waals surface area (Å²) in [4.78, 5) is 0. The zero-order valence-corrected chi connectivity index (χ0v) is 10.7. The number of quaternary nitrogens is 1. The van der Waals surface area contributed by atoms with Gasteiger partial charge in [-0.25, -0.2) is 0 Å². The minimum absolute atomic E-state index is 0. The van der Waals surface area contributed by atoms with Gasteiger partial charge in [0.25, 0.3) is 0 Å². The Hall–Kier alpha value is 0.320. The van der Waals surface area contributed by atoms with Crippen molar-refractivity contribution in [3.8, 4) is 0 Å². The standard InChI is InChI=1S/C9H20NO3.BrH/c1-10(2,3)4-9(5-11)6-12-8-13-7-9;/h11H,4-8H2,1-3H3;1H/q+1;/p-1. The lowest BCUT2D eigenvalue weighted by Crippen LogP contribution is -3.00. The van der Waals surface area contributed by atoms with Crippen LogP contribution < -0.4 is 17.0 Å². The molecule has 4 nitrogen and oxygen atoms in total. The first-order chi connectivity index (χ1) is 5.97. The van der Waals surface area contributed by atoms with E-state index >= 15 is 0 Å². The van der Waals surface area contributed by atoms with Gasteiger partial charge in [-0.15, -0.1) is 0 Å². The van der Waals surface area contributed by atoms with Crippen LogP contribution in [0.25, 0.3) is 0 Å². The Morgan fingerprint density at radius 3 is 2.07 bits per heavy atom. The van der Waals surface area contributed by atoms with Gasteiger partial charge in [0, 0.05) is 0 Å². The maximum absolute atomic E-state index is 9.33. The average Bonchev–Trinajstić information content (AvgIpc) is 2.03. The highest BCUT2D eigenvalue weighted by Crippen LogP contribution is 2.23. The average molecular weight is 270 g/mol. The SMILES string of the molecule is C[N+](C)(C)CC1(CO)COCOC1.[Br-]. The summed E-state index contributed by atoms with van der Waals surface area (Å²) in [5.74, 6) is 0. The fourth-order valence-corrected chi connectivity index (χ4v) is 1.86. The summed E-state index contributed by atoms with van der Waals surface area (Å²) in [6, 6.07) is 0. The number of halogens is 1. The van der Waals surface area contributed by atoms with Crippen molar-refractivity contribution in [2.45, 2.75) is 0 Å². The number of aliphatic hydroxyl groups excluding tert-OH is 1. The maximum atomic E-state index is 9.33. The first-order valence-electron chi connectivity index (χ1n) is 4.54. The van der Waals surface area contributed by atoms with Gasteiger partial charge in [-0.3, -0.25) is 0 Å². The highest BCUT2D eigenvalue weighted by atomic mass is 79.9. The third-order valence-corrected chi connectivity index (χ3v) is 2.13. The molecule has 1 rings (SSSR count).